The molecular formula is C30H39FN2O4. The van der Waals surface area contributed by atoms with Crippen LogP contribution in [0.15, 0.2) is 48.5 Å². The number of carbonyl (C=O) groups excluding carboxylic acids is 2. The molecule has 0 spiro atoms. The van der Waals surface area contributed by atoms with Gasteiger partial charge in [-0.1, -0.05) is 42.5 Å². The number of methoxy groups -OCH3 is 1. The van der Waals surface area contributed by atoms with Crippen LogP contribution in [0.4, 0.5) is 4.39 Å². The van der Waals surface area contributed by atoms with Crippen LogP contribution in [0.3, 0.4) is 0 Å². The van der Waals surface area contributed by atoms with E-state index in [1.165, 1.54) is 6.07 Å². The lowest BCUT2D eigenvalue weighted by Gasteiger charge is -2.42. The fourth-order valence-corrected chi connectivity index (χ4v) is 6.11. The first-order chi connectivity index (χ1) is 17.9. The number of hydrogen-bond donors (Lipinski definition) is 2. The van der Waals surface area contributed by atoms with Crippen LogP contribution in [0.2, 0.25) is 0 Å². The third kappa shape index (κ3) is 6.28. The second kappa shape index (κ2) is 12.8. The third-order valence-corrected chi connectivity index (χ3v) is 8.37. The molecule has 0 aliphatic carbocycles. The Morgan fingerprint density at radius 3 is 2.46 bits per heavy atom. The van der Waals surface area contributed by atoms with Gasteiger partial charge >= 0.3 is 0 Å². The Balaban J connectivity index is 1.62. The number of rotatable bonds is 9. The summed E-state index contributed by atoms with van der Waals surface area (Å²) in [5.41, 5.74) is 1.92. The summed E-state index contributed by atoms with van der Waals surface area (Å²) in [7, 11) is 1.60. The van der Waals surface area contributed by atoms with Crippen LogP contribution in [-0.2, 0) is 9.53 Å². The Morgan fingerprint density at radius 2 is 1.78 bits per heavy atom. The number of carbonyl (C=O) groups is 2. The van der Waals surface area contributed by atoms with Gasteiger partial charge in [0.15, 0.2) is 5.78 Å². The molecule has 2 heterocycles. The number of hydrogen-bond acceptors (Lipinski definition) is 5. The van der Waals surface area contributed by atoms with Crippen molar-refractivity contribution < 1.29 is 23.8 Å². The molecule has 0 radical (unpaired) electrons. The fourth-order valence-electron chi connectivity index (χ4n) is 6.11. The summed E-state index contributed by atoms with van der Waals surface area (Å²) >= 11 is 0. The van der Waals surface area contributed by atoms with Gasteiger partial charge in [0.25, 0.3) is 0 Å². The van der Waals surface area contributed by atoms with Crippen LogP contribution in [0.1, 0.15) is 53.3 Å². The lowest BCUT2D eigenvalue weighted by atomic mass is 9.71. The second-order valence-electron chi connectivity index (χ2n) is 10.5. The number of nitrogens with one attached hydrogen (secondary N) is 1. The summed E-state index contributed by atoms with van der Waals surface area (Å²) in [6.07, 6.45) is 2.55. The zero-order valence-electron chi connectivity index (χ0n) is 21.9. The maximum absolute atomic E-state index is 14.4. The standard InChI is InChI=1S/C30H39FN2O4/c1-20-23(9-6-10-27(20)31)28(37-2)17-24-25(29(35)22-7-4-3-5-8-22)18-32-19-26(24)30(36)33-14-11-21(12-15-33)13-16-34/h3-10,21,24-26,28,32,34H,11-19H2,1-2H3/t24-,25+,26-,28?/m1/s1. The average Bonchev–Trinajstić information content (AvgIpc) is 2.93. The van der Waals surface area contributed by atoms with E-state index in [0.29, 0.717) is 49.6 Å². The summed E-state index contributed by atoms with van der Waals surface area (Å²) in [5.74, 6) is -0.810. The highest BCUT2D eigenvalue weighted by molar-refractivity contribution is 5.98. The number of piperidine rings is 2. The molecule has 7 heteroatoms. The number of ketones is 1. The summed E-state index contributed by atoms with van der Waals surface area (Å²) in [6.45, 7) is 4.23. The molecule has 2 aromatic carbocycles. The molecule has 1 unspecified atom stereocenters. The number of nitrogens with zero attached hydrogens (tertiary/aromatic N) is 1. The van der Waals surface area contributed by atoms with Gasteiger partial charge in [0.05, 0.1) is 12.0 Å². The minimum Gasteiger partial charge on any atom is -0.396 e. The molecule has 2 N–H and O–H groups in total. The van der Waals surface area contributed by atoms with E-state index in [9.17, 15) is 19.1 Å². The van der Waals surface area contributed by atoms with Crippen molar-refractivity contribution in [3.8, 4) is 0 Å². The highest BCUT2D eigenvalue weighted by Crippen LogP contribution is 2.39. The van der Waals surface area contributed by atoms with Crippen LogP contribution in [0, 0.1) is 36.4 Å². The monoisotopic (exact) mass is 510 g/mol. The van der Waals surface area contributed by atoms with E-state index in [0.717, 1.165) is 24.8 Å². The summed E-state index contributed by atoms with van der Waals surface area (Å²) < 4.78 is 20.3. The van der Waals surface area contributed by atoms with Crippen molar-refractivity contribution in [2.24, 2.45) is 23.7 Å². The van der Waals surface area contributed by atoms with Crippen LogP contribution >= 0.6 is 0 Å². The summed E-state index contributed by atoms with van der Waals surface area (Å²) in [5, 5.41) is 12.7. The minimum absolute atomic E-state index is 0.0167. The zero-order valence-corrected chi connectivity index (χ0v) is 21.9. The number of halogens is 1. The van der Waals surface area contributed by atoms with Crippen molar-refractivity contribution in [2.45, 2.75) is 38.7 Å². The molecular weight excluding hydrogens is 471 g/mol. The van der Waals surface area contributed by atoms with Gasteiger partial charge in [-0.2, -0.15) is 0 Å². The first-order valence-corrected chi connectivity index (χ1v) is 13.4. The van der Waals surface area contributed by atoms with Crippen molar-refractivity contribution in [3.05, 3.63) is 71.0 Å². The number of benzene rings is 2. The zero-order chi connectivity index (χ0) is 26.4. The van der Waals surface area contributed by atoms with Gasteiger partial charge in [-0.15, -0.1) is 0 Å². The number of amides is 1. The Morgan fingerprint density at radius 1 is 1.08 bits per heavy atom. The van der Waals surface area contributed by atoms with E-state index in [-0.39, 0.29) is 36.0 Å². The molecule has 2 aliphatic rings. The predicted octanol–water partition coefficient (Wildman–Crippen LogP) is 4.17. The van der Waals surface area contributed by atoms with Gasteiger partial charge in [0.1, 0.15) is 5.82 Å². The van der Waals surface area contributed by atoms with Crippen LogP contribution in [-0.4, -0.2) is 61.6 Å². The maximum Gasteiger partial charge on any atom is 0.227 e. The van der Waals surface area contributed by atoms with Crippen molar-refractivity contribution in [2.75, 3.05) is 39.9 Å². The quantitative estimate of drug-likeness (QED) is 0.495. The summed E-state index contributed by atoms with van der Waals surface area (Å²) in [6, 6.07) is 14.2. The van der Waals surface area contributed by atoms with Crippen molar-refractivity contribution in [1.82, 2.24) is 10.2 Å². The first kappa shape index (κ1) is 27.4. The van der Waals surface area contributed by atoms with E-state index in [4.69, 9.17) is 4.74 Å². The molecule has 1 amide bonds. The lowest BCUT2D eigenvalue weighted by Crippen LogP contribution is -2.54. The largest absolute Gasteiger partial charge is 0.396 e. The maximum atomic E-state index is 14.4. The number of Topliss-reactive ketones (excluding diaryl/α,β-unsaturated/α-hetero) is 1. The molecule has 4 rings (SSSR count). The van der Waals surface area contributed by atoms with Gasteiger partial charge in [0, 0.05) is 51.4 Å². The average molecular weight is 511 g/mol. The van der Waals surface area contributed by atoms with E-state index < -0.39 is 12.0 Å². The lowest BCUT2D eigenvalue weighted by molar-refractivity contribution is -0.140. The second-order valence-corrected chi connectivity index (χ2v) is 10.5. The van der Waals surface area contributed by atoms with E-state index in [1.54, 1.807) is 20.1 Å². The SMILES string of the molecule is COC(C[C@@H]1[C@@H](C(=O)c2ccccc2)CNC[C@H]1C(=O)N1CCC(CCO)CC1)c1cccc(F)c1C. The molecule has 0 bridgehead atoms. The molecule has 6 nitrogen and oxygen atoms in total. The molecule has 0 aromatic heterocycles. The summed E-state index contributed by atoms with van der Waals surface area (Å²) in [4.78, 5) is 29.5. The third-order valence-electron chi connectivity index (χ3n) is 8.37. The fraction of sp³-hybridized carbons (Fsp3) is 0.533. The minimum atomic E-state index is -0.435. The number of likely N-dealkylation sites (tertiary alicyclic amines) is 1. The van der Waals surface area contributed by atoms with Gasteiger partial charge in [-0.05, 0) is 61.6 Å². The molecule has 37 heavy (non-hydrogen) atoms. The van der Waals surface area contributed by atoms with Gasteiger partial charge < -0.3 is 20.1 Å². The topological polar surface area (TPSA) is 78.9 Å². The molecule has 2 fully saturated rings. The van der Waals surface area contributed by atoms with Crippen molar-refractivity contribution >= 4 is 11.7 Å². The van der Waals surface area contributed by atoms with E-state index in [1.807, 2.05) is 41.3 Å². The van der Waals surface area contributed by atoms with Gasteiger partial charge in [0.2, 0.25) is 5.91 Å². The molecule has 4 atom stereocenters. The van der Waals surface area contributed by atoms with Crippen LogP contribution < -0.4 is 5.32 Å². The molecule has 0 saturated carbocycles. The molecule has 2 aromatic rings. The normalized spacial score (nSPS) is 23.6. The van der Waals surface area contributed by atoms with Crippen LogP contribution in [0.25, 0.3) is 0 Å². The molecule has 200 valence electrons. The number of ether oxygens (including phenoxy) is 1. The smallest absolute Gasteiger partial charge is 0.227 e. The Bertz CT molecular complexity index is 1050. The van der Waals surface area contributed by atoms with Crippen molar-refractivity contribution in [1.29, 1.82) is 0 Å². The number of aliphatic hydroxyl groups excluding tert-OH is 1. The van der Waals surface area contributed by atoms with Gasteiger partial charge in [-0.3, -0.25) is 9.59 Å². The van der Waals surface area contributed by atoms with E-state index in [2.05, 4.69) is 5.32 Å². The predicted molar refractivity (Wildman–Crippen MR) is 141 cm³/mol. The van der Waals surface area contributed by atoms with Crippen molar-refractivity contribution in [3.63, 3.8) is 0 Å². The highest BCUT2D eigenvalue weighted by atomic mass is 19.1. The first-order valence-electron chi connectivity index (χ1n) is 13.4. The molecule has 2 saturated heterocycles. The Labute approximate surface area is 219 Å². The highest BCUT2D eigenvalue weighted by Gasteiger charge is 2.44. The molecule has 2 aliphatic heterocycles. The Hall–Kier alpha value is -2.61. The van der Waals surface area contributed by atoms with Gasteiger partial charge in [-0.25, -0.2) is 4.39 Å². The van der Waals surface area contributed by atoms with E-state index >= 15 is 0 Å². The van der Waals surface area contributed by atoms with Crippen LogP contribution in [0.5, 0.6) is 0 Å². The number of aliphatic hydroxyl groups is 1. The Kier molecular flexibility index (Phi) is 9.46.